The number of hydrazone groups is 1. The lowest BCUT2D eigenvalue weighted by molar-refractivity contribution is -0.129. The fourth-order valence-electron chi connectivity index (χ4n) is 2.42. The maximum absolute atomic E-state index is 11.9. The van der Waals surface area contributed by atoms with E-state index in [0.717, 1.165) is 11.1 Å². The van der Waals surface area contributed by atoms with Crippen LogP contribution in [0.15, 0.2) is 90.0 Å². The summed E-state index contributed by atoms with van der Waals surface area (Å²) in [5, 5.41) is 4.40. The number of hydrogen-bond donors (Lipinski definition) is 1. The number of ether oxygens (including phenoxy) is 2. The number of carbonyl (C=O) groups is 2. The predicted molar refractivity (Wildman–Crippen MR) is 120 cm³/mol. The number of carbonyl (C=O) groups excluding carboxylic acids is 2. The molecule has 0 saturated carbocycles. The largest absolute Gasteiger partial charge is 0.484 e. The predicted octanol–water partition coefficient (Wildman–Crippen LogP) is 4.49. The molecule has 6 nitrogen and oxygen atoms in total. The van der Waals surface area contributed by atoms with E-state index in [1.807, 2.05) is 30.3 Å². The second-order valence-corrected chi connectivity index (χ2v) is 6.71. The van der Waals surface area contributed by atoms with Gasteiger partial charge in [0.15, 0.2) is 6.61 Å². The number of halogens is 1. The summed E-state index contributed by atoms with van der Waals surface area (Å²) in [5.41, 5.74) is 4.00. The second-order valence-electron chi connectivity index (χ2n) is 6.27. The van der Waals surface area contributed by atoms with E-state index < -0.39 is 11.9 Å². The van der Waals surface area contributed by atoms with Crippen LogP contribution < -0.4 is 14.9 Å². The minimum Gasteiger partial charge on any atom is -0.484 e. The summed E-state index contributed by atoms with van der Waals surface area (Å²) in [4.78, 5) is 23.7. The van der Waals surface area contributed by atoms with E-state index in [0.29, 0.717) is 16.5 Å². The monoisotopic (exact) mass is 434 g/mol. The van der Waals surface area contributed by atoms with E-state index in [9.17, 15) is 9.59 Å². The number of amides is 1. The summed E-state index contributed by atoms with van der Waals surface area (Å²) >= 11 is 5.86. The topological polar surface area (TPSA) is 77.0 Å². The summed E-state index contributed by atoms with van der Waals surface area (Å²) in [7, 11) is 0. The Morgan fingerprint density at radius 3 is 2.42 bits per heavy atom. The fourth-order valence-corrected chi connectivity index (χ4v) is 2.60. The van der Waals surface area contributed by atoms with Crippen molar-refractivity contribution in [3.63, 3.8) is 0 Å². The van der Waals surface area contributed by atoms with Crippen molar-refractivity contribution in [3.8, 4) is 11.5 Å². The molecule has 0 aliphatic heterocycles. The standard InChI is InChI=1S/C24H19ClN2O4/c25-20-7-4-8-22(15-20)30-17-23(28)27-26-16-19-9-12-21(13-10-19)31-24(29)14-11-18-5-2-1-3-6-18/h1-16H,17H2,(H,27,28). The number of nitrogens with zero attached hydrogens (tertiary/aromatic N) is 1. The Morgan fingerprint density at radius 2 is 1.68 bits per heavy atom. The van der Waals surface area contributed by atoms with Crippen molar-refractivity contribution in [1.82, 2.24) is 5.43 Å². The molecule has 3 rings (SSSR count). The molecule has 0 saturated heterocycles. The van der Waals surface area contributed by atoms with Crippen LogP contribution in [0.25, 0.3) is 6.08 Å². The van der Waals surface area contributed by atoms with Gasteiger partial charge in [-0.3, -0.25) is 4.79 Å². The van der Waals surface area contributed by atoms with Crippen LogP contribution in [0.5, 0.6) is 11.5 Å². The lowest BCUT2D eigenvalue weighted by Crippen LogP contribution is -2.24. The first-order valence-corrected chi connectivity index (χ1v) is 9.71. The van der Waals surface area contributed by atoms with Crippen LogP contribution >= 0.6 is 11.6 Å². The highest BCUT2D eigenvalue weighted by Crippen LogP contribution is 2.16. The molecular weight excluding hydrogens is 416 g/mol. The zero-order valence-electron chi connectivity index (χ0n) is 16.4. The Balaban J connectivity index is 1.43. The van der Waals surface area contributed by atoms with Gasteiger partial charge in [-0.05, 0) is 59.7 Å². The molecule has 0 aliphatic carbocycles. The maximum atomic E-state index is 11.9. The third-order valence-corrected chi connectivity index (χ3v) is 4.11. The molecule has 0 heterocycles. The number of rotatable bonds is 8. The number of nitrogens with one attached hydrogen (secondary N) is 1. The van der Waals surface area contributed by atoms with Crippen LogP contribution in [0.2, 0.25) is 5.02 Å². The zero-order valence-corrected chi connectivity index (χ0v) is 17.2. The van der Waals surface area contributed by atoms with Crippen LogP contribution in [0.1, 0.15) is 11.1 Å². The minimum absolute atomic E-state index is 0.191. The highest BCUT2D eigenvalue weighted by molar-refractivity contribution is 6.30. The Hall–Kier alpha value is -3.90. The number of benzene rings is 3. The van der Waals surface area contributed by atoms with E-state index in [1.54, 1.807) is 54.6 Å². The average molecular weight is 435 g/mol. The van der Waals surface area contributed by atoms with Crippen molar-refractivity contribution in [1.29, 1.82) is 0 Å². The van der Waals surface area contributed by atoms with E-state index in [4.69, 9.17) is 21.1 Å². The maximum Gasteiger partial charge on any atom is 0.336 e. The van der Waals surface area contributed by atoms with Crippen LogP contribution in [0, 0.1) is 0 Å². The van der Waals surface area contributed by atoms with Gasteiger partial charge >= 0.3 is 5.97 Å². The van der Waals surface area contributed by atoms with Gasteiger partial charge in [-0.2, -0.15) is 5.10 Å². The van der Waals surface area contributed by atoms with E-state index in [2.05, 4.69) is 10.5 Å². The lowest BCUT2D eigenvalue weighted by Gasteiger charge is -2.05. The molecule has 156 valence electrons. The third-order valence-electron chi connectivity index (χ3n) is 3.88. The van der Waals surface area contributed by atoms with E-state index in [-0.39, 0.29) is 6.61 Å². The molecule has 0 aromatic heterocycles. The molecule has 0 unspecified atom stereocenters. The molecule has 31 heavy (non-hydrogen) atoms. The highest BCUT2D eigenvalue weighted by atomic mass is 35.5. The summed E-state index contributed by atoms with van der Waals surface area (Å²) in [5.74, 6) is 0.0124. The van der Waals surface area contributed by atoms with Gasteiger partial charge in [-0.15, -0.1) is 0 Å². The van der Waals surface area contributed by atoms with Crippen LogP contribution in [-0.4, -0.2) is 24.7 Å². The summed E-state index contributed by atoms with van der Waals surface area (Å²) in [6.45, 7) is -0.191. The minimum atomic E-state index is -0.475. The molecule has 3 aromatic rings. The molecule has 0 fully saturated rings. The molecule has 0 bridgehead atoms. The number of esters is 1. The lowest BCUT2D eigenvalue weighted by atomic mass is 10.2. The quantitative estimate of drug-likeness (QED) is 0.186. The van der Waals surface area contributed by atoms with Gasteiger partial charge in [0.25, 0.3) is 5.91 Å². The molecule has 1 amide bonds. The van der Waals surface area contributed by atoms with Gasteiger partial charge in [0.2, 0.25) is 0 Å². The van der Waals surface area contributed by atoms with Gasteiger partial charge in [0, 0.05) is 11.1 Å². The van der Waals surface area contributed by atoms with Crippen LogP contribution in [0.3, 0.4) is 0 Å². The normalized spacial score (nSPS) is 10.9. The number of hydrogen-bond acceptors (Lipinski definition) is 5. The van der Waals surface area contributed by atoms with E-state index in [1.165, 1.54) is 12.3 Å². The Labute approximate surface area is 184 Å². The van der Waals surface area contributed by atoms with E-state index >= 15 is 0 Å². The molecule has 3 aromatic carbocycles. The van der Waals surface area contributed by atoms with Crippen molar-refractivity contribution in [3.05, 3.63) is 101 Å². The Morgan fingerprint density at radius 1 is 0.903 bits per heavy atom. The first-order chi connectivity index (χ1) is 15.1. The van der Waals surface area contributed by atoms with Crippen molar-refractivity contribution >= 4 is 35.8 Å². The van der Waals surface area contributed by atoms with Crippen molar-refractivity contribution in [2.75, 3.05) is 6.61 Å². The van der Waals surface area contributed by atoms with Crippen LogP contribution in [-0.2, 0) is 9.59 Å². The van der Waals surface area contributed by atoms with Gasteiger partial charge in [-0.1, -0.05) is 48.0 Å². The smallest absolute Gasteiger partial charge is 0.336 e. The Kier molecular flexibility index (Phi) is 7.97. The summed E-state index contributed by atoms with van der Waals surface area (Å²) in [6.07, 6.45) is 4.52. The molecule has 0 atom stereocenters. The third kappa shape index (κ3) is 7.79. The van der Waals surface area contributed by atoms with Gasteiger partial charge in [0.1, 0.15) is 11.5 Å². The molecular formula is C24H19ClN2O4. The summed E-state index contributed by atoms with van der Waals surface area (Å²) in [6, 6.07) is 22.9. The van der Waals surface area contributed by atoms with Crippen molar-refractivity contribution in [2.45, 2.75) is 0 Å². The van der Waals surface area contributed by atoms with Gasteiger partial charge in [-0.25, -0.2) is 10.2 Å². The molecule has 0 aliphatic rings. The summed E-state index contributed by atoms with van der Waals surface area (Å²) < 4.78 is 10.6. The van der Waals surface area contributed by atoms with Crippen molar-refractivity contribution < 1.29 is 19.1 Å². The highest BCUT2D eigenvalue weighted by Gasteiger charge is 2.03. The first-order valence-electron chi connectivity index (χ1n) is 9.34. The average Bonchev–Trinajstić information content (AvgIpc) is 2.78. The SMILES string of the molecule is O=C(COc1cccc(Cl)c1)NN=Cc1ccc(OC(=O)C=Cc2ccccc2)cc1. The van der Waals surface area contributed by atoms with Crippen LogP contribution in [0.4, 0.5) is 0 Å². The molecule has 0 radical (unpaired) electrons. The fraction of sp³-hybridized carbons (Fsp3) is 0.0417. The zero-order chi connectivity index (χ0) is 21.9. The first kappa shape index (κ1) is 21.8. The molecule has 1 N–H and O–H groups in total. The van der Waals surface area contributed by atoms with Crippen molar-refractivity contribution in [2.24, 2.45) is 5.10 Å². The van der Waals surface area contributed by atoms with Gasteiger partial charge < -0.3 is 9.47 Å². The molecule has 0 spiro atoms. The van der Waals surface area contributed by atoms with Gasteiger partial charge in [0.05, 0.1) is 6.21 Å². The molecule has 7 heteroatoms. The Bertz CT molecular complexity index is 1080. The second kappa shape index (κ2) is 11.3.